The predicted molar refractivity (Wildman–Crippen MR) is 73.1 cm³/mol. The van der Waals surface area contributed by atoms with E-state index in [1.54, 1.807) is 6.08 Å². The fourth-order valence-electron chi connectivity index (χ4n) is 1.57. The van der Waals surface area contributed by atoms with E-state index in [4.69, 9.17) is 9.84 Å². The van der Waals surface area contributed by atoms with E-state index in [0.717, 1.165) is 18.4 Å². The number of carbonyl (C=O) groups is 1. The summed E-state index contributed by atoms with van der Waals surface area (Å²) in [4.78, 5) is 11.4. The van der Waals surface area contributed by atoms with Crippen LogP contribution in [0.3, 0.4) is 0 Å². The molecule has 2 N–H and O–H groups in total. The van der Waals surface area contributed by atoms with Crippen molar-refractivity contribution >= 4 is 12.0 Å². The summed E-state index contributed by atoms with van der Waals surface area (Å²) in [7, 11) is 0. The molecule has 0 aliphatic heterocycles. The van der Waals surface area contributed by atoms with E-state index < -0.39 is 12.3 Å². The van der Waals surface area contributed by atoms with Crippen molar-refractivity contribution in [2.45, 2.75) is 32.0 Å². The Morgan fingerprint density at radius 3 is 2.63 bits per heavy atom. The number of esters is 1. The first-order chi connectivity index (χ1) is 9.22. The minimum atomic E-state index is -1.08. The van der Waals surface area contributed by atoms with Crippen molar-refractivity contribution in [1.29, 1.82) is 0 Å². The lowest BCUT2D eigenvalue weighted by atomic mass is 10.2. The quantitative estimate of drug-likeness (QED) is 0.326. The van der Waals surface area contributed by atoms with E-state index in [2.05, 4.69) is 0 Å². The fourth-order valence-corrected chi connectivity index (χ4v) is 1.57. The van der Waals surface area contributed by atoms with Crippen LogP contribution in [-0.4, -0.2) is 29.1 Å². The van der Waals surface area contributed by atoms with Crippen LogP contribution >= 0.6 is 0 Å². The molecule has 0 spiro atoms. The third-order valence-electron chi connectivity index (χ3n) is 2.57. The first-order valence-corrected chi connectivity index (χ1v) is 6.45. The fraction of sp³-hybridized carbons (Fsp3) is 0.400. The number of carbonyl (C=O) groups excluding carboxylic acids is 1. The monoisotopic (exact) mass is 264 g/mol. The normalized spacial score (nSPS) is 12.5. The zero-order valence-corrected chi connectivity index (χ0v) is 10.9. The van der Waals surface area contributed by atoms with Crippen LogP contribution in [0.1, 0.15) is 31.2 Å². The number of ether oxygens (including phenoxy) is 1. The first kappa shape index (κ1) is 15.4. The van der Waals surface area contributed by atoms with E-state index in [-0.39, 0.29) is 6.61 Å². The third-order valence-corrected chi connectivity index (χ3v) is 2.57. The molecule has 0 aliphatic rings. The van der Waals surface area contributed by atoms with E-state index in [1.165, 1.54) is 6.08 Å². The summed E-state index contributed by atoms with van der Waals surface area (Å²) in [6.45, 7) is 0.149. The lowest BCUT2D eigenvalue weighted by Crippen LogP contribution is -2.15. The Hall–Kier alpha value is -1.65. The third kappa shape index (κ3) is 7.39. The highest BCUT2D eigenvalue weighted by Gasteiger charge is 2.07. The van der Waals surface area contributed by atoms with Gasteiger partial charge in [-0.3, -0.25) is 0 Å². The number of rotatable bonds is 8. The van der Waals surface area contributed by atoms with Crippen LogP contribution in [0.5, 0.6) is 0 Å². The van der Waals surface area contributed by atoms with Crippen molar-refractivity contribution in [2.75, 3.05) is 6.61 Å². The Kier molecular flexibility index (Phi) is 7.54. The molecule has 0 radical (unpaired) electrons. The van der Waals surface area contributed by atoms with Crippen molar-refractivity contribution in [3.8, 4) is 0 Å². The van der Waals surface area contributed by atoms with Crippen molar-refractivity contribution < 1.29 is 19.7 Å². The molecule has 104 valence electrons. The minimum Gasteiger partial charge on any atom is -0.433 e. The Balaban J connectivity index is 2.25. The first-order valence-electron chi connectivity index (χ1n) is 6.45. The van der Waals surface area contributed by atoms with Crippen molar-refractivity contribution in [3.05, 3.63) is 42.0 Å². The summed E-state index contributed by atoms with van der Waals surface area (Å²) in [5.74, 6) is -0.557. The van der Waals surface area contributed by atoms with Gasteiger partial charge in [-0.25, -0.2) is 4.79 Å². The highest BCUT2D eigenvalue weighted by Crippen LogP contribution is 2.06. The van der Waals surface area contributed by atoms with E-state index in [1.807, 2.05) is 30.3 Å². The number of hydrogen-bond acceptors (Lipinski definition) is 4. The van der Waals surface area contributed by atoms with Gasteiger partial charge in [-0.15, -0.1) is 0 Å². The Bertz CT molecular complexity index is 386. The molecule has 19 heavy (non-hydrogen) atoms. The zero-order valence-electron chi connectivity index (χ0n) is 10.9. The second-order valence-corrected chi connectivity index (χ2v) is 4.21. The van der Waals surface area contributed by atoms with Crippen LogP contribution in [0.4, 0.5) is 0 Å². The molecule has 0 saturated carbocycles. The maximum absolute atomic E-state index is 11.4. The van der Waals surface area contributed by atoms with E-state index >= 15 is 0 Å². The summed E-state index contributed by atoms with van der Waals surface area (Å²) in [6.07, 6.45) is 4.49. The molecule has 1 aromatic carbocycles. The van der Waals surface area contributed by atoms with Crippen LogP contribution in [0, 0.1) is 0 Å². The lowest BCUT2D eigenvalue weighted by molar-refractivity contribution is -0.162. The van der Waals surface area contributed by atoms with Gasteiger partial charge in [0.2, 0.25) is 6.29 Å². The molecule has 0 aliphatic carbocycles. The van der Waals surface area contributed by atoms with E-state index in [0.29, 0.717) is 12.8 Å². The van der Waals surface area contributed by atoms with Gasteiger partial charge in [0.25, 0.3) is 0 Å². The summed E-state index contributed by atoms with van der Waals surface area (Å²) in [5, 5.41) is 18.1. The molecule has 1 rings (SSSR count). The Labute approximate surface area is 113 Å². The van der Waals surface area contributed by atoms with Gasteiger partial charge in [0.05, 0.1) is 0 Å². The summed E-state index contributed by atoms with van der Waals surface area (Å²) in [5.41, 5.74) is 0.900. The largest absolute Gasteiger partial charge is 0.433 e. The molecule has 0 fully saturated rings. The molecule has 0 amide bonds. The van der Waals surface area contributed by atoms with Gasteiger partial charge >= 0.3 is 5.97 Å². The zero-order chi connectivity index (χ0) is 13.9. The second-order valence-electron chi connectivity index (χ2n) is 4.21. The predicted octanol–water partition coefficient (Wildman–Crippen LogP) is 2.11. The molecule has 1 unspecified atom stereocenters. The van der Waals surface area contributed by atoms with Gasteiger partial charge in [0.1, 0.15) is 0 Å². The highest BCUT2D eigenvalue weighted by molar-refractivity contribution is 5.87. The average Bonchev–Trinajstić information content (AvgIpc) is 2.42. The van der Waals surface area contributed by atoms with Crippen LogP contribution < -0.4 is 0 Å². The average molecular weight is 264 g/mol. The summed E-state index contributed by atoms with van der Waals surface area (Å²) in [6, 6.07) is 9.39. The molecule has 4 heteroatoms. The standard InChI is InChI=1S/C15H20O4/c16-12-6-2-5-9-14(17)19-15(18)11-10-13-7-3-1-4-8-13/h1,3-4,7-8,10-11,14,16-17H,2,5-6,9,12H2/b11-10+. The highest BCUT2D eigenvalue weighted by atomic mass is 16.6. The molecule has 0 saturated heterocycles. The molecular weight excluding hydrogens is 244 g/mol. The Morgan fingerprint density at radius 1 is 1.21 bits per heavy atom. The number of hydrogen-bond donors (Lipinski definition) is 2. The topological polar surface area (TPSA) is 66.8 Å². The number of aliphatic hydroxyl groups is 2. The second kappa shape index (κ2) is 9.30. The number of aliphatic hydroxyl groups excluding tert-OH is 2. The molecule has 0 heterocycles. The van der Waals surface area contributed by atoms with E-state index in [9.17, 15) is 9.90 Å². The number of unbranched alkanes of at least 4 members (excludes halogenated alkanes) is 2. The van der Waals surface area contributed by atoms with Crippen LogP contribution in [0.2, 0.25) is 0 Å². The summed E-state index contributed by atoms with van der Waals surface area (Å²) >= 11 is 0. The molecule has 1 aromatic rings. The van der Waals surface area contributed by atoms with Gasteiger partial charge in [-0.1, -0.05) is 36.8 Å². The minimum absolute atomic E-state index is 0.149. The van der Waals surface area contributed by atoms with Crippen LogP contribution in [0.15, 0.2) is 36.4 Å². The Morgan fingerprint density at radius 2 is 1.95 bits per heavy atom. The summed E-state index contributed by atoms with van der Waals surface area (Å²) < 4.78 is 4.82. The van der Waals surface area contributed by atoms with Crippen molar-refractivity contribution in [1.82, 2.24) is 0 Å². The molecule has 1 atom stereocenters. The van der Waals surface area contributed by atoms with Gasteiger partial charge in [0, 0.05) is 19.1 Å². The maximum atomic E-state index is 11.4. The van der Waals surface area contributed by atoms with Crippen LogP contribution in [0.25, 0.3) is 6.08 Å². The molecule has 4 nitrogen and oxygen atoms in total. The lowest BCUT2D eigenvalue weighted by Gasteiger charge is -2.09. The molecule has 0 bridgehead atoms. The SMILES string of the molecule is O=C(/C=C/c1ccccc1)OC(O)CCCCCO. The van der Waals surface area contributed by atoms with Gasteiger partial charge in [-0.2, -0.15) is 0 Å². The smallest absolute Gasteiger partial charge is 0.333 e. The number of benzene rings is 1. The maximum Gasteiger partial charge on any atom is 0.333 e. The van der Waals surface area contributed by atoms with Crippen LogP contribution in [-0.2, 0) is 9.53 Å². The van der Waals surface area contributed by atoms with Crippen molar-refractivity contribution in [3.63, 3.8) is 0 Å². The van der Waals surface area contributed by atoms with Gasteiger partial charge < -0.3 is 14.9 Å². The van der Waals surface area contributed by atoms with Gasteiger partial charge in [0.15, 0.2) is 0 Å². The molecular formula is C15H20O4. The molecule has 0 aromatic heterocycles. The van der Waals surface area contributed by atoms with Crippen molar-refractivity contribution in [2.24, 2.45) is 0 Å². The van der Waals surface area contributed by atoms with Gasteiger partial charge in [-0.05, 0) is 24.5 Å².